The van der Waals surface area contributed by atoms with Crippen molar-refractivity contribution in [1.29, 1.82) is 0 Å². The van der Waals surface area contributed by atoms with Crippen LogP contribution >= 0.6 is 0 Å². The average molecular weight is 218 g/mol. The van der Waals surface area contributed by atoms with Crippen LogP contribution in [0.4, 0.5) is 0 Å². The zero-order chi connectivity index (χ0) is 11.9. The van der Waals surface area contributed by atoms with E-state index in [1.165, 1.54) is 0 Å². The van der Waals surface area contributed by atoms with E-state index in [2.05, 4.69) is 6.92 Å². The largest absolute Gasteiger partial charge is 0.385 e. The molecular weight excluding hydrogens is 192 g/mol. The molecule has 0 fully saturated rings. The first kappa shape index (κ1) is 14.9. The highest BCUT2D eigenvalue weighted by atomic mass is 16.5. The summed E-state index contributed by atoms with van der Waals surface area (Å²) in [7, 11) is 0. The molecule has 0 unspecified atom stereocenters. The molecule has 0 spiro atoms. The van der Waals surface area contributed by atoms with Crippen LogP contribution in [0.1, 0.15) is 47.5 Å². The van der Waals surface area contributed by atoms with E-state index in [1.807, 2.05) is 27.7 Å². The summed E-state index contributed by atoms with van der Waals surface area (Å²) < 4.78 is 10.9. The van der Waals surface area contributed by atoms with E-state index in [-0.39, 0.29) is 12.2 Å². The Balaban J connectivity index is 4.05. The first-order valence-electron chi connectivity index (χ1n) is 5.85. The third kappa shape index (κ3) is 7.77. The van der Waals surface area contributed by atoms with Crippen molar-refractivity contribution in [2.24, 2.45) is 0 Å². The Labute approximate surface area is 93.8 Å². The molecule has 1 N–H and O–H groups in total. The third-order valence-electron chi connectivity index (χ3n) is 2.09. The SMILES string of the molecule is CCCC(O)(COC(C)C)COC(C)C. The first-order chi connectivity index (χ1) is 6.89. The molecular formula is C12H26O3. The monoisotopic (exact) mass is 218 g/mol. The first-order valence-corrected chi connectivity index (χ1v) is 5.85. The smallest absolute Gasteiger partial charge is 0.111 e. The van der Waals surface area contributed by atoms with Crippen LogP contribution in [0.2, 0.25) is 0 Å². The van der Waals surface area contributed by atoms with Crippen molar-refractivity contribution in [3.8, 4) is 0 Å². The second-order valence-corrected chi connectivity index (χ2v) is 4.69. The van der Waals surface area contributed by atoms with Crippen molar-refractivity contribution >= 4 is 0 Å². The van der Waals surface area contributed by atoms with Gasteiger partial charge in [0.1, 0.15) is 5.60 Å². The lowest BCUT2D eigenvalue weighted by Gasteiger charge is -2.29. The molecule has 3 nitrogen and oxygen atoms in total. The molecule has 0 saturated heterocycles. The summed E-state index contributed by atoms with van der Waals surface area (Å²) in [6.07, 6.45) is 1.94. The lowest BCUT2D eigenvalue weighted by Crippen LogP contribution is -2.41. The van der Waals surface area contributed by atoms with Crippen LogP contribution in [0.25, 0.3) is 0 Å². The Kier molecular flexibility index (Phi) is 7.14. The zero-order valence-corrected chi connectivity index (χ0v) is 10.7. The van der Waals surface area contributed by atoms with Gasteiger partial charge in [-0.1, -0.05) is 13.3 Å². The molecule has 0 amide bonds. The number of ether oxygens (including phenoxy) is 2. The molecule has 15 heavy (non-hydrogen) atoms. The molecule has 0 aromatic rings. The Morgan fingerprint density at radius 3 is 1.67 bits per heavy atom. The van der Waals surface area contributed by atoms with Crippen LogP contribution in [-0.4, -0.2) is 36.1 Å². The van der Waals surface area contributed by atoms with Crippen molar-refractivity contribution in [3.05, 3.63) is 0 Å². The average Bonchev–Trinajstić information content (AvgIpc) is 2.13. The van der Waals surface area contributed by atoms with Crippen LogP contribution in [0.5, 0.6) is 0 Å². The molecule has 0 atom stereocenters. The van der Waals surface area contributed by atoms with Gasteiger partial charge in [0.05, 0.1) is 25.4 Å². The van der Waals surface area contributed by atoms with Crippen molar-refractivity contribution in [2.45, 2.75) is 65.3 Å². The normalized spacial score (nSPS) is 12.8. The van der Waals surface area contributed by atoms with Crippen LogP contribution in [0.3, 0.4) is 0 Å². The van der Waals surface area contributed by atoms with Gasteiger partial charge in [0.15, 0.2) is 0 Å². The minimum atomic E-state index is -0.830. The van der Waals surface area contributed by atoms with Crippen LogP contribution in [0, 0.1) is 0 Å². The third-order valence-corrected chi connectivity index (χ3v) is 2.09. The van der Waals surface area contributed by atoms with Crippen molar-refractivity contribution < 1.29 is 14.6 Å². The minimum absolute atomic E-state index is 0.146. The Hall–Kier alpha value is -0.120. The number of aliphatic hydroxyl groups is 1. The minimum Gasteiger partial charge on any atom is -0.385 e. The van der Waals surface area contributed by atoms with Gasteiger partial charge < -0.3 is 14.6 Å². The van der Waals surface area contributed by atoms with Gasteiger partial charge in [0.2, 0.25) is 0 Å². The highest BCUT2D eigenvalue weighted by molar-refractivity contribution is 4.78. The highest BCUT2D eigenvalue weighted by Gasteiger charge is 2.27. The predicted octanol–water partition coefficient (Wildman–Crippen LogP) is 2.37. The highest BCUT2D eigenvalue weighted by Crippen LogP contribution is 2.16. The molecule has 0 saturated carbocycles. The zero-order valence-electron chi connectivity index (χ0n) is 10.7. The molecule has 0 aliphatic heterocycles. The molecule has 0 heterocycles. The molecule has 0 rings (SSSR count). The molecule has 0 aromatic carbocycles. The van der Waals surface area contributed by atoms with Crippen LogP contribution in [0.15, 0.2) is 0 Å². The standard InChI is InChI=1S/C12H26O3/c1-6-7-12(13,8-14-10(2)3)9-15-11(4)5/h10-11,13H,6-9H2,1-5H3. The van der Waals surface area contributed by atoms with Gasteiger partial charge in [0, 0.05) is 0 Å². The molecule has 3 heteroatoms. The molecule has 0 bridgehead atoms. The Morgan fingerprint density at radius 1 is 1.00 bits per heavy atom. The van der Waals surface area contributed by atoms with Gasteiger partial charge in [-0.05, 0) is 34.1 Å². The van der Waals surface area contributed by atoms with E-state index in [0.29, 0.717) is 19.6 Å². The quantitative estimate of drug-likeness (QED) is 0.679. The summed E-state index contributed by atoms with van der Waals surface area (Å²) in [6.45, 7) is 10.6. The summed E-state index contributed by atoms with van der Waals surface area (Å²) >= 11 is 0. The van der Waals surface area contributed by atoms with Gasteiger partial charge >= 0.3 is 0 Å². The Morgan fingerprint density at radius 2 is 1.40 bits per heavy atom. The van der Waals surface area contributed by atoms with Crippen molar-refractivity contribution in [2.75, 3.05) is 13.2 Å². The van der Waals surface area contributed by atoms with Crippen molar-refractivity contribution in [1.82, 2.24) is 0 Å². The predicted molar refractivity (Wildman–Crippen MR) is 62.0 cm³/mol. The number of hydrogen-bond acceptors (Lipinski definition) is 3. The van der Waals surface area contributed by atoms with E-state index in [1.54, 1.807) is 0 Å². The van der Waals surface area contributed by atoms with Gasteiger partial charge in [-0.25, -0.2) is 0 Å². The van der Waals surface area contributed by atoms with E-state index < -0.39 is 5.60 Å². The molecule has 92 valence electrons. The molecule has 0 aliphatic carbocycles. The maximum atomic E-state index is 10.3. The summed E-state index contributed by atoms with van der Waals surface area (Å²) in [5.74, 6) is 0. The summed E-state index contributed by atoms with van der Waals surface area (Å²) in [6, 6.07) is 0. The van der Waals surface area contributed by atoms with E-state index in [0.717, 1.165) is 6.42 Å². The fourth-order valence-electron chi connectivity index (χ4n) is 1.29. The van der Waals surface area contributed by atoms with Gasteiger partial charge in [-0.3, -0.25) is 0 Å². The van der Waals surface area contributed by atoms with E-state index in [9.17, 15) is 5.11 Å². The van der Waals surface area contributed by atoms with Gasteiger partial charge in [-0.15, -0.1) is 0 Å². The maximum absolute atomic E-state index is 10.3. The molecule has 0 aliphatic rings. The molecule has 0 radical (unpaired) electrons. The topological polar surface area (TPSA) is 38.7 Å². The lowest BCUT2D eigenvalue weighted by molar-refractivity contribution is -0.120. The van der Waals surface area contributed by atoms with Gasteiger partial charge in [-0.2, -0.15) is 0 Å². The van der Waals surface area contributed by atoms with E-state index >= 15 is 0 Å². The fraction of sp³-hybridized carbons (Fsp3) is 1.00. The van der Waals surface area contributed by atoms with Crippen LogP contribution < -0.4 is 0 Å². The van der Waals surface area contributed by atoms with Crippen LogP contribution in [-0.2, 0) is 9.47 Å². The number of hydrogen-bond donors (Lipinski definition) is 1. The Bertz CT molecular complexity index is 143. The molecule has 0 aromatic heterocycles. The summed E-state index contributed by atoms with van der Waals surface area (Å²) in [5, 5.41) is 10.3. The second kappa shape index (κ2) is 7.20. The number of rotatable bonds is 8. The fourth-order valence-corrected chi connectivity index (χ4v) is 1.29. The van der Waals surface area contributed by atoms with Gasteiger partial charge in [0.25, 0.3) is 0 Å². The summed E-state index contributed by atoms with van der Waals surface area (Å²) in [4.78, 5) is 0. The van der Waals surface area contributed by atoms with Crippen molar-refractivity contribution in [3.63, 3.8) is 0 Å². The lowest BCUT2D eigenvalue weighted by atomic mass is 10.0. The maximum Gasteiger partial charge on any atom is 0.111 e. The van der Waals surface area contributed by atoms with E-state index in [4.69, 9.17) is 9.47 Å². The second-order valence-electron chi connectivity index (χ2n) is 4.69. The summed E-state index contributed by atoms with van der Waals surface area (Å²) in [5.41, 5.74) is -0.830.